The molecule has 96 valence electrons. The van der Waals surface area contributed by atoms with E-state index in [9.17, 15) is 12.8 Å². The molecule has 0 heterocycles. The largest absolute Gasteiger partial charge is 0.309 e. The molecule has 17 heavy (non-hydrogen) atoms. The van der Waals surface area contributed by atoms with E-state index >= 15 is 0 Å². The normalized spacial score (nSPS) is 13.6. The molecule has 0 fully saturated rings. The minimum absolute atomic E-state index is 0.0441. The molecule has 1 aromatic rings. The van der Waals surface area contributed by atoms with E-state index in [1.54, 1.807) is 6.07 Å². The maximum atomic E-state index is 12.9. The predicted molar refractivity (Wildman–Crippen MR) is 65.8 cm³/mol. The second-order valence-electron chi connectivity index (χ2n) is 3.72. The Kier molecular flexibility index (Phi) is 4.88. The van der Waals surface area contributed by atoms with Gasteiger partial charge < -0.3 is 5.32 Å². The van der Waals surface area contributed by atoms with Gasteiger partial charge in [-0.2, -0.15) is 0 Å². The summed E-state index contributed by atoms with van der Waals surface area (Å²) in [6, 6.07) is 4.24. The van der Waals surface area contributed by atoms with Crippen LogP contribution in [0.2, 0.25) is 5.02 Å². The van der Waals surface area contributed by atoms with Gasteiger partial charge in [-0.1, -0.05) is 17.7 Å². The number of nitrogens with two attached hydrogens (primary N) is 1. The third kappa shape index (κ3) is 4.99. The van der Waals surface area contributed by atoms with Crippen LogP contribution in [0.1, 0.15) is 18.5 Å². The van der Waals surface area contributed by atoms with Gasteiger partial charge in [0, 0.05) is 12.6 Å². The van der Waals surface area contributed by atoms with Gasteiger partial charge in [0.05, 0.1) is 10.8 Å². The van der Waals surface area contributed by atoms with Crippen LogP contribution in [-0.4, -0.2) is 20.7 Å². The van der Waals surface area contributed by atoms with Crippen molar-refractivity contribution in [2.24, 2.45) is 5.14 Å². The van der Waals surface area contributed by atoms with Crippen LogP contribution in [0.15, 0.2) is 18.2 Å². The maximum Gasteiger partial charge on any atom is 0.210 e. The number of primary sulfonamides is 1. The molecule has 1 atom stereocenters. The van der Waals surface area contributed by atoms with Crippen molar-refractivity contribution in [2.75, 3.05) is 12.3 Å². The Bertz CT molecular complexity index is 493. The number of benzene rings is 1. The summed E-state index contributed by atoms with van der Waals surface area (Å²) in [7, 11) is -3.47. The van der Waals surface area contributed by atoms with E-state index in [0.29, 0.717) is 0 Å². The lowest BCUT2D eigenvalue weighted by molar-refractivity contribution is 0.571. The van der Waals surface area contributed by atoms with Crippen LogP contribution < -0.4 is 10.5 Å². The number of hydrogen-bond donors (Lipinski definition) is 2. The van der Waals surface area contributed by atoms with Crippen molar-refractivity contribution in [1.82, 2.24) is 5.32 Å². The second-order valence-corrected chi connectivity index (χ2v) is 5.86. The van der Waals surface area contributed by atoms with Crippen molar-refractivity contribution >= 4 is 21.6 Å². The molecule has 0 spiro atoms. The van der Waals surface area contributed by atoms with Crippen LogP contribution in [0.25, 0.3) is 0 Å². The van der Waals surface area contributed by atoms with Crippen molar-refractivity contribution in [3.63, 3.8) is 0 Å². The Morgan fingerprint density at radius 2 is 2.18 bits per heavy atom. The van der Waals surface area contributed by atoms with E-state index < -0.39 is 15.8 Å². The van der Waals surface area contributed by atoms with Crippen LogP contribution in [0.3, 0.4) is 0 Å². The fourth-order valence-electron chi connectivity index (χ4n) is 1.32. The number of rotatable bonds is 5. The minimum atomic E-state index is -3.47. The van der Waals surface area contributed by atoms with Gasteiger partial charge in [0.15, 0.2) is 0 Å². The molecule has 4 nitrogen and oxygen atoms in total. The summed E-state index contributed by atoms with van der Waals surface area (Å²) in [4.78, 5) is 0. The quantitative estimate of drug-likeness (QED) is 0.857. The Morgan fingerprint density at radius 1 is 1.53 bits per heavy atom. The van der Waals surface area contributed by atoms with Gasteiger partial charge in [0.25, 0.3) is 0 Å². The predicted octanol–water partition coefficient (Wildman–Crippen LogP) is 1.42. The van der Waals surface area contributed by atoms with Crippen molar-refractivity contribution in [3.8, 4) is 0 Å². The molecule has 7 heteroatoms. The fourth-order valence-corrected chi connectivity index (χ4v) is 1.91. The van der Waals surface area contributed by atoms with Crippen molar-refractivity contribution in [2.45, 2.75) is 13.0 Å². The van der Waals surface area contributed by atoms with E-state index in [-0.39, 0.29) is 23.4 Å². The van der Waals surface area contributed by atoms with E-state index in [1.165, 1.54) is 12.1 Å². The highest BCUT2D eigenvalue weighted by atomic mass is 35.5. The molecule has 1 unspecified atom stereocenters. The second kappa shape index (κ2) is 5.77. The molecule has 1 rings (SSSR count). The third-order valence-electron chi connectivity index (χ3n) is 2.28. The SMILES string of the molecule is CC(NCCS(N)(=O)=O)c1ccc(F)c(Cl)c1. The molecule has 0 aliphatic heterocycles. The Balaban J connectivity index is 2.58. The summed E-state index contributed by atoms with van der Waals surface area (Å²) in [6.45, 7) is 2.06. The zero-order valence-corrected chi connectivity index (χ0v) is 10.9. The number of halogens is 2. The lowest BCUT2D eigenvalue weighted by Crippen LogP contribution is -2.28. The molecular formula is C10H14ClFN2O2S. The van der Waals surface area contributed by atoms with Gasteiger partial charge in [-0.15, -0.1) is 0 Å². The lowest BCUT2D eigenvalue weighted by Gasteiger charge is -2.14. The summed E-state index contributed by atoms with van der Waals surface area (Å²) in [5, 5.41) is 7.87. The molecule has 3 N–H and O–H groups in total. The average molecular weight is 281 g/mol. The van der Waals surface area contributed by atoms with Crippen molar-refractivity contribution in [3.05, 3.63) is 34.6 Å². The third-order valence-corrected chi connectivity index (χ3v) is 3.34. The molecule has 0 aliphatic rings. The fraction of sp³-hybridized carbons (Fsp3) is 0.400. The first kappa shape index (κ1) is 14.4. The molecule has 0 radical (unpaired) electrons. The molecule has 0 bridgehead atoms. The van der Waals surface area contributed by atoms with Crippen LogP contribution in [0.5, 0.6) is 0 Å². The highest BCUT2D eigenvalue weighted by Crippen LogP contribution is 2.20. The highest BCUT2D eigenvalue weighted by Gasteiger charge is 2.09. The van der Waals surface area contributed by atoms with Gasteiger partial charge in [-0.05, 0) is 24.6 Å². The molecule has 0 amide bonds. The monoisotopic (exact) mass is 280 g/mol. The van der Waals surface area contributed by atoms with Crippen molar-refractivity contribution < 1.29 is 12.8 Å². The molecule has 0 aromatic heterocycles. The van der Waals surface area contributed by atoms with Gasteiger partial charge in [-0.25, -0.2) is 17.9 Å². The molecule has 0 saturated carbocycles. The number of sulfonamides is 1. The lowest BCUT2D eigenvalue weighted by atomic mass is 10.1. The first-order valence-corrected chi connectivity index (χ1v) is 7.08. The standard InChI is InChI=1S/C10H14ClFN2O2S/c1-7(14-4-5-17(13,15)16)8-2-3-10(12)9(11)6-8/h2-3,6-7,14H,4-5H2,1H3,(H2,13,15,16). The summed E-state index contributed by atoms with van der Waals surface area (Å²) < 4.78 is 34.4. The first-order chi connectivity index (χ1) is 7.79. The summed E-state index contributed by atoms with van der Waals surface area (Å²) in [5.41, 5.74) is 0.783. The van der Waals surface area contributed by atoms with Crippen LogP contribution in [-0.2, 0) is 10.0 Å². The van der Waals surface area contributed by atoms with Crippen LogP contribution in [0.4, 0.5) is 4.39 Å². The Hall–Kier alpha value is -0.690. The topological polar surface area (TPSA) is 72.2 Å². The molecule has 0 aliphatic carbocycles. The van der Waals surface area contributed by atoms with Crippen LogP contribution >= 0.6 is 11.6 Å². The molecular weight excluding hydrogens is 267 g/mol. The first-order valence-electron chi connectivity index (χ1n) is 4.98. The average Bonchev–Trinajstić information content (AvgIpc) is 2.20. The highest BCUT2D eigenvalue weighted by molar-refractivity contribution is 7.89. The zero-order valence-electron chi connectivity index (χ0n) is 9.28. The number of hydrogen-bond acceptors (Lipinski definition) is 3. The van der Waals surface area contributed by atoms with Gasteiger partial charge in [0.2, 0.25) is 10.0 Å². The molecule has 0 saturated heterocycles. The van der Waals surface area contributed by atoms with E-state index in [0.717, 1.165) is 5.56 Å². The van der Waals surface area contributed by atoms with Gasteiger partial charge in [-0.3, -0.25) is 0 Å². The smallest absolute Gasteiger partial charge is 0.210 e. The van der Waals surface area contributed by atoms with E-state index in [1.807, 2.05) is 6.92 Å². The van der Waals surface area contributed by atoms with E-state index in [2.05, 4.69) is 5.32 Å². The Labute approximate surface area is 105 Å². The zero-order chi connectivity index (χ0) is 13.1. The Morgan fingerprint density at radius 3 is 2.71 bits per heavy atom. The van der Waals surface area contributed by atoms with E-state index in [4.69, 9.17) is 16.7 Å². The summed E-state index contributed by atoms with van der Waals surface area (Å²) in [5.74, 6) is -0.626. The summed E-state index contributed by atoms with van der Waals surface area (Å²) >= 11 is 5.65. The van der Waals surface area contributed by atoms with Crippen LogP contribution in [0, 0.1) is 5.82 Å². The number of nitrogens with one attached hydrogen (secondary N) is 1. The minimum Gasteiger partial charge on any atom is -0.309 e. The summed E-state index contributed by atoms with van der Waals surface area (Å²) in [6.07, 6.45) is 0. The maximum absolute atomic E-state index is 12.9. The van der Waals surface area contributed by atoms with Crippen molar-refractivity contribution in [1.29, 1.82) is 0 Å². The van der Waals surface area contributed by atoms with Gasteiger partial charge in [0.1, 0.15) is 5.82 Å². The molecule has 1 aromatic carbocycles. The van der Waals surface area contributed by atoms with Gasteiger partial charge >= 0.3 is 0 Å².